The lowest BCUT2D eigenvalue weighted by Crippen LogP contribution is -2.17. The Morgan fingerprint density at radius 3 is 2.41 bits per heavy atom. The van der Waals surface area contributed by atoms with Crippen molar-refractivity contribution in [3.63, 3.8) is 0 Å². The van der Waals surface area contributed by atoms with Gasteiger partial charge in [0.2, 0.25) is 0 Å². The standard InChI is InChI=1S/C22H21N3O6S/c1-3-31-20-11-9-17(10-12-20)24-32(29,30)21-13-16(8-7-15(21)2)22(26)23-18-5-4-6-19(14-18)25(27)28/h4-14,24H,3H2,1-2H3,(H,23,26). The molecule has 32 heavy (non-hydrogen) atoms. The van der Waals surface area contributed by atoms with Gasteiger partial charge in [0.15, 0.2) is 0 Å². The summed E-state index contributed by atoms with van der Waals surface area (Å²) in [7, 11) is -3.98. The van der Waals surface area contributed by atoms with Crippen LogP contribution in [0.1, 0.15) is 22.8 Å². The lowest BCUT2D eigenvalue weighted by atomic mass is 10.1. The fraction of sp³-hybridized carbons (Fsp3) is 0.136. The molecule has 3 rings (SSSR count). The first kappa shape index (κ1) is 22.8. The van der Waals surface area contributed by atoms with Gasteiger partial charge in [-0.25, -0.2) is 8.42 Å². The van der Waals surface area contributed by atoms with Crippen molar-refractivity contribution in [2.75, 3.05) is 16.6 Å². The zero-order valence-corrected chi connectivity index (χ0v) is 18.2. The molecular weight excluding hydrogens is 434 g/mol. The van der Waals surface area contributed by atoms with Gasteiger partial charge in [0, 0.05) is 29.1 Å². The van der Waals surface area contributed by atoms with E-state index in [0.29, 0.717) is 23.6 Å². The van der Waals surface area contributed by atoms with Crippen LogP contribution in [0.2, 0.25) is 0 Å². The van der Waals surface area contributed by atoms with Crippen LogP contribution in [0.5, 0.6) is 5.75 Å². The maximum Gasteiger partial charge on any atom is 0.271 e. The molecule has 0 bridgehead atoms. The predicted molar refractivity (Wildman–Crippen MR) is 121 cm³/mol. The van der Waals surface area contributed by atoms with Crippen LogP contribution < -0.4 is 14.8 Å². The van der Waals surface area contributed by atoms with Gasteiger partial charge in [0.1, 0.15) is 5.75 Å². The highest BCUT2D eigenvalue weighted by molar-refractivity contribution is 7.92. The van der Waals surface area contributed by atoms with Crippen LogP contribution in [0.25, 0.3) is 0 Å². The number of hydrogen-bond donors (Lipinski definition) is 2. The normalized spacial score (nSPS) is 10.9. The highest BCUT2D eigenvalue weighted by Crippen LogP contribution is 2.24. The number of carbonyl (C=O) groups excluding carboxylic acids is 1. The number of nitro groups is 1. The van der Waals surface area contributed by atoms with E-state index in [0.717, 1.165) is 0 Å². The largest absolute Gasteiger partial charge is 0.494 e. The second kappa shape index (κ2) is 9.48. The van der Waals surface area contributed by atoms with E-state index in [9.17, 15) is 23.3 Å². The molecule has 0 aliphatic rings. The summed E-state index contributed by atoms with van der Waals surface area (Å²) >= 11 is 0. The van der Waals surface area contributed by atoms with Crippen LogP contribution in [0.3, 0.4) is 0 Å². The molecule has 3 aromatic carbocycles. The van der Waals surface area contributed by atoms with Crippen molar-refractivity contribution >= 4 is 33.0 Å². The van der Waals surface area contributed by atoms with Gasteiger partial charge in [-0.1, -0.05) is 12.1 Å². The molecule has 0 fully saturated rings. The Hall–Kier alpha value is -3.92. The lowest BCUT2D eigenvalue weighted by Gasteiger charge is -2.13. The van der Waals surface area contributed by atoms with Crippen molar-refractivity contribution in [1.29, 1.82) is 0 Å². The lowest BCUT2D eigenvalue weighted by molar-refractivity contribution is -0.384. The number of hydrogen-bond acceptors (Lipinski definition) is 6. The zero-order valence-electron chi connectivity index (χ0n) is 17.4. The Labute approximate surface area is 185 Å². The summed E-state index contributed by atoms with van der Waals surface area (Å²) in [4.78, 5) is 22.9. The highest BCUT2D eigenvalue weighted by atomic mass is 32.2. The van der Waals surface area contributed by atoms with Gasteiger partial charge in [-0.05, 0) is 61.9 Å². The van der Waals surface area contributed by atoms with Gasteiger partial charge in [0.25, 0.3) is 21.6 Å². The molecule has 3 aromatic rings. The van der Waals surface area contributed by atoms with Crippen LogP contribution in [-0.4, -0.2) is 25.9 Å². The minimum atomic E-state index is -3.98. The zero-order chi connectivity index (χ0) is 23.3. The first-order valence-electron chi connectivity index (χ1n) is 9.62. The summed E-state index contributed by atoms with van der Waals surface area (Å²) in [5.41, 5.74) is 0.944. The van der Waals surface area contributed by atoms with Crippen LogP contribution in [0, 0.1) is 17.0 Å². The SMILES string of the molecule is CCOc1ccc(NS(=O)(=O)c2cc(C(=O)Nc3cccc([N+](=O)[O-])c3)ccc2C)cc1. The van der Waals surface area contributed by atoms with Crippen molar-refractivity contribution in [3.8, 4) is 5.75 Å². The molecular formula is C22H21N3O6S. The van der Waals surface area contributed by atoms with E-state index in [1.807, 2.05) is 6.92 Å². The second-order valence-electron chi connectivity index (χ2n) is 6.80. The van der Waals surface area contributed by atoms with E-state index < -0.39 is 20.9 Å². The average molecular weight is 455 g/mol. The van der Waals surface area contributed by atoms with Crippen LogP contribution in [0.4, 0.5) is 17.1 Å². The average Bonchev–Trinajstić information content (AvgIpc) is 2.75. The number of sulfonamides is 1. The number of ether oxygens (including phenoxy) is 1. The molecule has 0 unspecified atom stereocenters. The van der Waals surface area contributed by atoms with Crippen molar-refractivity contribution in [2.24, 2.45) is 0 Å². The molecule has 0 radical (unpaired) electrons. The van der Waals surface area contributed by atoms with Crippen molar-refractivity contribution in [1.82, 2.24) is 0 Å². The Morgan fingerprint density at radius 2 is 1.75 bits per heavy atom. The number of amides is 1. The predicted octanol–water partition coefficient (Wildman–Crippen LogP) is 4.36. The number of non-ortho nitro benzene ring substituents is 1. The van der Waals surface area contributed by atoms with Gasteiger partial charge in [-0.3, -0.25) is 19.6 Å². The monoisotopic (exact) mass is 455 g/mol. The van der Waals surface area contributed by atoms with E-state index in [1.54, 1.807) is 31.2 Å². The third-order valence-electron chi connectivity index (χ3n) is 4.47. The number of aryl methyl sites for hydroxylation is 1. The maximum atomic E-state index is 12.9. The molecule has 0 atom stereocenters. The number of nitro benzene ring substituents is 1. The number of anilines is 2. The summed E-state index contributed by atoms with van der Waals surface area (Å²) in [5.74, 6) is 0.0226. The summed E-state index contributed by atoms with van der Waals surface area (Å²) in [6.45, 7) is 3.96. The smallest absolute Gasteiger partial charge is 0.271 e. The van der Waals surface area contributed by atoms with Crippen molar-refractivity contribution < 1.29 is 22.9 Å². The summed E-state index contributed by atoms with van der Waals surface area (Å²) < 4.78 is 33.7. The topological polar surface area (TPSA) is 128 Å². The summed E-state index contributed by atoms with van der Waals surface area (Å²) in [6, 6.07) is 16.2. The van der Waals surface area contributed by atoms with Crippen LogP contribution >= 0.6 is 0 Å². The van der Waals surface area contributed by atoms with E-state index in [4.69, 9.17) is 4.74 Å². The van der Waals surface area contributed by atoms with Crippen molar-refractivity contribution in [2.45, 2.75) is 18.7 Å². The van der Waals surface area contributed by atoms with Gasteiger partial charge in [-0.2, -0.15) is 0 Å². The number of carbonyl (C=O) groups is 1. The molecule has 0 saturated carbocycles. The third-order valence-corrected chi connectivity index (χ3v) is 6.00. The Morgan fingerprint density at radius 1 is 1.03 bits per heavy atom. The first-order valence-corrected chi connectivity index (χ1v) is 11.1. The van der Waals surface area contributed by atoms with Gasteiger partial charge < -0.3 is 10.1 Å². The van der Waals surface area contributed by atoms with Gasteiger partial charge in [-0.15, -0.1) is 0 Å². The van der Waals surface area contributed by atoms with E-state index >= 15 is 0 Å². The number of rotatable bonds is 8. The molecule has 2 N–H and O–H groups in total. The fourth-order valence-electron chi connectivity index (χ4n) is 2.93. The molecule has 0 heterocycles. The van der Waals surface area contributed by atoms with E-state index in [2.05, 4.69) is 10.0 Å². The molecule has 0 aliphatic carbocycles. The third kappa shape index (κ3) is 5.41. The quantitative estimate of drug-likeness (QED) is 0.384. The molecule has 0 spiro atoms. The minimum Gasteiger partial charge on any atom is -0.494 e. The van der Waals surface area contributed by atoms with Crippen molar-refractivity contribution in [3.05, 3.63) is 88.0 Å². The molecule has 166 valence electrons. The van der Waals surface area contributed by atoms with E-state index in [1.165, 1.54) is 42.5 Å². The number of nitrogens with one attached hydrogen (secondary N) is 2. The van der Waals surface area contributed by atoms with Gasteiger partial charge >= 0.3 is 0 Å². The Bertz CT molecular complexity index is 1260. The Kier molecular flexibility index (Phi) is 6.74. The molecule has 0 saturated heterocycles. The van der Waals surface area contributed by atoms with Crippen LogP contribution in [0.15, 0.2) is 71.6 Å². The molecule has 10 heteroatoms. The summed E-state index contributed by atoms with van der Waals surface area (Å²) in [6.07, 6.45) is 0. The second-order valence-corrected chi connectivity index (χ2v) is 8.46. The van der Waals surface area contributed by atoms with E-state index in [-0.39, 0.29) is 21.8 Å². The highest BCUT2D eigenvalue weighted by Gasteiger charge is 2.20. The number of benzene rings is 3. The minimum absolute atomic E-state index is 0.0573. The molecule has 0 aliphatic heterocycles. The fourth-order valence-corrected chi connectivity index (χ4v) is 4.26. The van der Waals surface area contributed by atoms with Crippen LogP contribution in [-0.2, 0) is 10.0 Å². The number of nitrogens with zero attached hydrogens (tertiary/aromatic N) is 1. The maximum absolute atomic E-state index is 12.9. The summed E-state index contributed by atoms with van der Waals surface area (Å²) in [5, 5.41) is 13.5. The molecule has 0 aromatic heterocycles. The Balaban J connectivity index is 1.83. The first-order chi connectivity index (χ1) is 15.2. The molecule has 1 amide bonds. The molecule has 9 nitrogen and oxygen atoms in total. The van der Waals surface area contributed by atoms with Gasteiger partial charge in [0.05, 0.1) is 16.4 Å².